The molecule has 2 amide bonds. The number of nitrogens with one attached hydrogen (secondary N) is 2. The average molecular weight is 353 g/mol. The second kappa shape index (κ2) is 8.79. The number of rotatable bonds is 6. The molecule has 1 aromatic rings. The van der Waals surface area contributed by atoms with E-state index in [1.807, 2.05) is 0 Å². The van der Waals surface area contributed by atoms with Gasteiger partial charge in [-0.2, -0.15) is 0 Å². The van der Waals surface area contributed by atoms with Gasteiger partial charge in [-0.3, -0.25) is 14.5 Å². The highest BCUT2D eigenvalue weighted by Crippen LogP contribution is 2.23. The number of hydrogen-bond donors (Lipinski definition) is 2. The van der Waals surface area contributed by atoms with E-state index in [9.17, 15) is 14.4 Å². The molecule has 0 unspecified atom stereocenters. The molecule has 0 radical (unpaired) electrons. The number of ether oxygens (including phenoxy) is 1. The normalized spacial score (nSPS) is 15.8. The van der Waals surface area contributed by atoms with E-state index in [1.165, 1.54) is 25.4 Å². The van der Waals surface area contributed by atoms with Crippen molar-refractivity contribution in [1.82, 2.24) is 10.2 Å². The summed E-state index contributed by atoms with van der Waals surface area (Å²) in [5, 5.41) is 7.37. The van der Waals surface area contributed by atoms with Crippen LogP contribution in [-0.4, -0.2) is 56.0 Å². The van der Waals surface area contributed by atoms with Gasteiger partial charge in [-0.25, -0.2) is 4.79 Å². The Morgan fingerprint density at radius 3 is 2.67 bits per heavy atom. The van der Waals surface area contributed by atoms with Crippen LogP contribution in [0.4, 0.5) is 5.69 Å². The maximum Gasteiger partial charge on any atom is 0.350 e. The number of carbonyl (C=O) groups is 3. The number of esters is 1. The Bertz CT molecular complexity index is 594. The smallest absolute Gasteiger partial charge is 0.350 e. The van der Waals surface area contributed by atoms with Crippen molar-refractivity contribution >= 4 is 34.8 Å². The summed E-state index contributed by atoms with van der Waals surface area (Å²) in [4.78, 5) is 37.2. The third-order valence-corrected chi connectivity index (χ3v) is 4.92. The molecule has 1 aliphatic rings. The van der Waals surface area contributed by atoms with Gasteiger partial charge in [0.25, 0.3) is 0 Å². The molecule has 2 heterocycles. The minimum Gasteiger partial charge on any atom is -0.465 e. The van der Waals surface area contributed by atoms with Gasteiger partial charge in [0.1, 0.15) is 4.88 Å². The lowest BCUT2D eigenvalue weighted by atomic mass is 9.97. The zero-order valence-electron chi connectivity index (χ0n) is 14.0. The van der Waals surface area contributed by atoms with E-state index in [1.54, 1.807) is 11.4 Å². The average Bonchev–Trinajstić information content (AvgIpc) is 3.01. The SMILES string of the molecule is COC(=O)c1sccc1NC(=O)CN1CCC(CNC(C)=O)CC1. The fourth-order valence-corrected chi connectivity index (χ4v) is 3.45. The summed E-state index contributed by atoms with van der Waals surface area (Å²) in [5.41, 5.74) is 0.498. The maximum atomic E-state index is 12.2. The second-order valence-corrected chi connectivity index (χ2v) is 6.78. The van der Waals surface area contributed by atoms with Crippen LogP contribution in [0.2, 0.25) is 0 Å². The van der Waals surface area contributed by atoms with Crippen LogP contribution in [0.5, 0.6) is 0 Å². The molecule has 1 saturated heterocycles. The molecule has 8 heteroatoms. The van der Waals surface area contributed by atoms with E-state index in [0.717, 1.165) is 25.9 Å². The monoisotopic (exact) mass is 353 g/mol. The standard InChI is InChI=1S/C16H23N3O4S/c1-11(20)17-9-12-3-6-19(7-4-12)10-14(21)18-13-5-8-24-15(13)16(22)23-2/h5,8,12H,3-4,6-7,9-10H2,1-2H3,(H,17,20)(H,18,21). The Kier molecular flexibility index (Phi) is 6.74. The largest absolute Gasteiger partial charge is 0.465 e. The van der Waals surface area contributed by atoms with Crippen molar-refractivity contribution in [3.8, 4) is 0 Å². The van der Waals surface area contributed by atoms with Gasteiger partial charge < -0.3 is 15.4 Å². The number of anilines is 1. The highest BCUT2D eigenvalue weighted by molar-refractivity contribution is 7.12. The zero-order valence-corrected chi connectivity index (χ0v) is 14.8. The topological polar surface area (TPSA) is 87.7 Å². The molecule has 0 saturated carbocycles. The first-order chi connectivity index (χ1) is 11.5. The number of nitrogens with zero attached hydrogens (tertiary/aromatic N) is 1. The number of amides is 2. The maximum absolute atomic E-state index is 12.2. The van der Waals surface area contributed by atoms with Crippen molar-refractivity contribution in [2.45, 2.75) is 19.8 Å². The van der Waals surface area contributed by atoms with Gasteiger partial charge in [0.05, 0.1) is 19.3 Å². The number of likely N-dealkylation sites (tertiary alicyclic amines) is 1. The molecule has 132 valence electrons. The van der Waals surface area contributed by atoms with Crippen molar-refractivity contribution in [3.63, 3.8) is 0 Å². The molecule has 0 spiro atoms. The van der Waals surface area contributed by atoms with Crippen LogP contribution in [0.1, 0.15) is 29.4 Å². The van der Waals surface area contributed by atoms with E-state index in [4.69, 9.17) is 4.74 Å². The Labute approximate surface area is 145 Å². The van der Waals surface area contributed by atoms with Gasteiger partial charge >= 0.3 is 5.97 Å². The third-order valence-electron chi connectivity index (χ3n) is 4.02. The van der Waals surface area contributed by atoms with Gasteiger partial charge in [0, 0.05) is 13.5 Å². The van der Waals surface area contributed by atoms with Crippen molar-refractivity contribution in [2.75, 3.05) is 38.6 Å². The molecule has 1 fully saturated rings. The Morgan fingerprint density at radius 1 is 1.33 bits per heavy atom. The molecule has 1 aliphatic heterocycles. The van der Waals surface area contributed by atoms with E-state index in [2.05, 4.69) is 15.5 Å². The van der Waals surface area contributed by atoms with Crippen molar-refractivity contribution in [3.05, 3.63) is 16.3 Å². The predicted octanol–water partition coefficient (Wildman–Crippen LogP) is 1.32. The molecule has 1 aromatic heterocycles. The number of thiophene rings is 1. The summed E-state index contributed by atoms with van der Waals surface area (Å²) in [5.74, 6) is -0.122. The van der Waals surface area contributed by atoms with Gasteiger partial charge in [0.2, 0.25) is 11.8 Å². The summed E-state index contributed by atoms with van der Waals surface area (Å²) in [6.07, 6.45) is 1.92. The number of piperidine rings is 1. The first kappa shape index (κ1) is 18.4. The summed E-state index contributed by atoms with van der Waals surface area (Å²) in [6, 6.07) is 1.70. The van der Waals surface area contributed by atoms with Crippen LogP contribution < -0.4 is 10.6 Å². The van der Waals surface area contributed by atoms with E-state index in [-0.39, 0.29) is 11.8 Å². The summed E-state index contributed by atoms with van der Waals surface area (Å²) < 4.78 is 4.70. The quantitative estimate of drug-likeness (QED) is 0.753. The van der Waals surface area contributed by atoms with Crippen LogP contribution >= 0.6 is 11.3 Å². The highest BCUT2D eigenvalue weighted by atomic mass is 32.1. The van der Waals surface area contributed by atoms with Crippen molar-refractivity contribution < 1.29 is 19.1 Å². The number of methoxy groups -OCH3 is 1. The molecular formula is C16H23N3O4S. The molecule has 0 bridgehead atoms. The van der Waals surface area contributed by atoms with E-state index in [0.29, 0.717) is 29.6 Å². The van der Waals surface area contributed by atoms with Gasteiger partial charge in [-0.05, 0) is 43.3 Å². The van der Waals surface area contributed by atoms with Crippen LogP contribution in [-0.2, 0) is 14.3 Å². The second-order valence-electron chi connectivity index (χ2n) is 5.86. The van der Waals surface area contributed by atoms with Gasteiger partial charge in [-0.1, -0.05) is 0 Å². The fraction of sp³-hybridized carbons (Fsp3) is 0.562. The molecule has 2 N–H and O–H groups in total. The molecule has 0 atom stereocenters. The Morgan fingerprint density at radius 2 is 2.04 bits per heavy atom. The minimum absolute atomic E-state index is 0.00557. The molecule has 24 heavy (non-hydrogen) atoms. The lowest BCUT2D eigenvalue weighted by Crippen LogP contribution is -2.41. The predicted molar refractivity (Wildman–Crippen MR) is 92.1 cm³/mol. The molecule has 0 aromatic carbocycles. The van der Waals surface area contributed by atoms with Crippen molar-refractivity contribution in [1.29, 1.82) is 0 Å². The number of carbonyl (C=O) groups excluding carboxylic acids is 3. The third kappa shape index (κ3) is 5.31. The lowest BCUT2D eigenvalue weighted by Gasteiger charge is -2.31. The van der Waals surface area contributed by atoms with E-state index >= 15 is 0 Å². The van der Waals surface area contributed by atoms with Crippen LogP contribution in [0, 0.1) is 5.92 Å². The van der Waals surface area contributed by atoms with Crippen LogP contribution in [0.15, 0.2) is 11.4 Å². The van der Waals surface area contributed by atoms with Gasteiger partial charge in [-0.15, -0.1) is 11.3 Å². The fourth-order valence-electron chi connectivity index (χ4n) is 2.69. The summed E-state index contributed by atoms with van der Waals surface area (Å²) >= 11 is 1.24. The van der Waals surface area contributed by atoms with Crippen LogP contribution in [0.3, 0.4) is 0 Å². The first-order valence-corrected chi connectivity index (χ1v) is 8.80. The summed E-state index contributed by atoms with van der Waals surface area (Å²) in [7, 11) is 1.32. The number of hydrogen-bond acceptors (Lipinski definition) is 6. The van der Waals surface area contributed by atoms with Gasteiger partial charge in [0.15, 0.2) is 0 Å². The Hall–Kier alpha value is -1.93. The summed E-state index contributed by atoms with van der Waals surface area (Å²) in [6.45, 7) is 4.17. The lowest BCUT2D eigenvalue weighted by molar-refractivity contribution is -0.119. The molecular weight excluding hydrogens is 330 g/mol. The molecule has 0 aliphatic carbocycles. The van der Waals surface area contributed by atoms with Crippen LogP contribution in [0.25, 0.3) is 0 Å². The molecule has 2 rings (SSSR count). The zero-order chi connectivity index (χ0) is 17.5. The highest BCUT2D eigenvalue weighted by Gasteiger charge is 2.22. The Balaban J connectivity index is 1.77. The van der Waals surface area contributed by atoms with E-state index < -0.39 is 5.97 Å². The first-order valence-electron chi connectivity index (χ1n) is 7.92. The van der Waals surface area contributed by atoms with Crippen molar-refractivity contribution in [2.24, 2.45) is 5.92 Å². The minimum atomic E-state index is -0.445. The molecule has 7 nitrogen and oxygen atoms in total.